The summed E-state index contributed by atoms with van der Waals surface area (Å²) in [5.41, 5.74) is 2.14. The van der Waals surface area contributed by atoms with E-state index in [9.17, 15) is 9.90 Å². The lowest BCUT2D eigenvalue weighted by Crippen LogP contribution is -2.30. The molecule has 132 valence electrons. The van der Waals surface area contributed by atoms with Crippen molar-refractivity contribution in [3.8, 4) is 11.5 Å². The first kappa shape index (κ1) is 16.5. The summed E-state index contributed by atoms with van der Waals surface area (Å²) in [4.78, 5) is 16.9. The van der Waals surface area contributed by atoms with Gasteiger partial charge in [0.1, 0.15) is 0 Å². The summed E-state index contributed by atoms with van der Waals surface area (Å²) in [5.74, 6) is 1.42. The minimum Gasteiger partial charge on any atom is -0.394 e. The SMILES string of the molecule is O=C(NC(CO)c1ccccc1)c1ccc(-c2nc(C3CC3)no2)cc1. The summed E-state index contributed by atoms with van der Waals surface area (Å²) >= 11 is 0. The van der Waals surface area contributed by atoms with E-state index in [-0.39, 0.29) is 12.5 Å². The van der Waals surface area contributed by atoms with Crippen LogP contribution in [0, 0.1) is 0 Å². The topological polar surface area (TPSA) is 88.2 Å². The van der Waals surface area contributed by atoms with E-state index in [2.05, 4.69) is 15.5 Å². The third kappa shape index (κ3) is 3.50. The fourth-order valence-electron chi connectivity index (χ4n) is 2.78. The van der Waals surface area contributed by atoms with Crippen molar-refractivity contribution in [1.29, 1.82) is 0 Å². The van der Waals surface area contributed by atoms with Gasteiger partial charge in [0.25, 0.3) is 11.8 Å². The number of amides is 1. The van der Waals surface area contributed by atoms with Crippen LogP contribution in [0.4, 0.5) is 0 Å². The van der Waals surface area contributed by atoms with Crippen LogP contribution in [0.3, 0.4) is 0 Å². The number of aliphatic hydroxyl groups excluding tert-OH is 1. The molecule has 6 nitrogen and oxygen atoms in total. The molecular formula is C20H19N3O3. The van der Waals surface area contributed by atoms with Crippen molar-refractivity contribution >= 4 is 5.91 Å². The quantitative estimate of drug-likeness (QED) is 0.714. The van der Waals surface area contributed by atoms with Gasteiger partial charge in [-0.15, -0.1) is 0 Å². The highest BCUT2D eigenvalue weighted by molar-refractivity contribution is 5.94. The van der Waals surface area contributed by atoms with Crippen LogP contribution < -0.4 is 5.32 Å². The molecule has 0 spiro atoms. The van der Waals surface area contributed by atoms with Crippen molar-refractivity contribution < 1.29 is 14.4 Å². The van der Waals surface area contributed by atoms with Crippen LogP contribution >= 0.6 is 0 Å². The monoisotopic (exact) mass is 349 g/mol. The Labute approximate surface area is 150 Å². The molecule has 1 aromatic heterocycles. The lowest BCUT2D eigenvalue weighted by Gasteiger charge is -2.16. The van der Waals surface area contributed by atoms with Crippen LogP contribution in [-0.4, -0.2) is 27.8 Å². The van der Waals surface area contributed by atoms with Gasteiger partial charge in [-0.05, 0) is 42.7 Å². The Morgan fingerprint density at radius 2 is 1.88 bits per heavy atom. The predicted molar refractivity (Wildman–Crippen MR) is 95.4 cm³/mol. The molecular weight excluding hydrogens is 330 g/mol. The van der Waals surface area contributed by atoms with Crippen molar-refractivity contribution in [2.75, 3.05) is 6.61 Å². The molecule has 0 bridgehead atoms. The minimum absolute atomic E-state index is 0.167. The lowest BCUT2D eigenvalue weighted by atomic mass is 10.1. The van der Waals surface area contributed by atoms with E-state index < -0.39 is 6.04 Å². The van der Waals surface area contributed by atoms with E-state index >= 15 is 0 Å². The summed E-state index contributed by atoms with van der Waals surface area (Å²) < 4.78 is 5.30. The Morgan fingerprint density at radius 3 is 2.54 bits per heavy atom. The number of carbonyl (C=O) groups excluding carboxylic acids is 1. The van der Waals surface area contributed by atoms with Crippen molar-refractivity contribution in [2.45, 2.75) is 24.8 Å². The minimum atomic E-state index is -0.444. The van der Waals surface area contributed by atoms with Gasteiger partial charge in [0, 0.05) is 17.0 Å². The second kappa shape index (κ2) is 7.09. The Kier molecular flexibility index (Phi) is 4.50. The number of aromatic nitrogens is 2. The van der Waals surface area contributed by atoms with E-state index in [4.69, 9.17) is 4.52 Å². The van der Waals surface area contributed by atoms with Crippen molar-refractivity contribution in [2.24, 2.45) is 0 Å². The fourth-order valence-corrected chi connectivity index (χ4v) is 2.78. The lowest BCUT2D eigenvalue weighted by molar-refractivity contribution is 0.0916. The predicted octanol–water partition coefficient (Wildman–Crippen LogP) is 3.08. The van der Waals surface area contributed by atoms with Gasteiger partial charge in [-0.3, -0.25) is 4.79 Å². The maximum atomic E-state index is 12.5. The number of hydrogen-bond acceptors (Lipinski definition) is 5. The maximum Gasteiger partial charge on any atom is 0.257 e. The molecule has 1 heterocycles. The van der Waals surface area contributed by atoms with E-state index in [1.807, 2.05) is 30.3 Å². The van der Waals surface area contributed by atoms with Crippen LogP contribution in [0.2, 0.25) is 0 Å². The van der Waals surface area contributed by atoms with Crippen LogP contribution in [0.25, 0.3) is 11.5 Å². The molecule has 0 aliphatic heterocycles. The highest BCUT2D eigenvalue weighted by Crippen LogP contribution is 2.38. The summed E-state index contributed by atoms with van der Waals surface area (Å²) in [6, 6.07) is 15.9. The number of rotatable bonds is 6. The third-order valence-corrected chi connectivity index (χ3v) is 4.47. The van der Waals surface area contributed by atoms with Gasteiger partial charge in [0.2, 0.25) is 0 Å². The number of nitrogens with zero attached hydrogens (tertiary/aromatic N) is 2. The summed E-state index contributed by atoms with van der Waals surface area (Å²) in [7, 11) is 0. The number of hydrogen-bond donors (Lipinski definition) is 2. The number of benzene rings is 2. The first-order chi connectivity index (χ1) is 12.7. The molecule has 1 fully saturated rings. The van der Waals surface area contributed by atoms with Gasteiger partial charge in [0.05, 0.1) is 12.6 Å². The van der Waals surface area contributed by atoms with E-state index in [0.29, 0.717) is 17.4 Å². The van der Waals surface area contributed by atoms with E-state index in [1.165, 1.54) is 0 Å². The van der Waals surface area contributed by atoms with Gasteiger partial charge in [-0.2, -0.15) is 4.98 Å². The van der Waals surface area contributed by atoms with E-state index in [0.717, 1.165) is 29.8 Å². The highest BCUT2D eigenvalue weighted by Gasteiger charge is 2.29. The highest BCUT2D eigenvalue weighted by atomic mass is 16.5. The fraction of sp³-hybridized carbons (Fsp3) is 0.250. The largest absolute Gasteiger partial charge is 0.394 e. The molecule has 26 heavy (non-hydrogen) atoms. The normalized spacial score (nSPS) is 14.8. The second-order valence-corrected chi connectivity index (χ2v) is 6.43. The van der Waals surface area contributed by atoms with Crippen LogP contribution in [0.1, 0.15) is 46.5 Å². The van der Waals surface area contributed by atoms with Crippen LogP contribution in [0.15, 0.2) is 59.1 Å². The second-order valence-electron chi connectivity index (χ2n) is 6.43. The zero-order valence-electron chi connectivity index (χ0n) is 14.1. The average molecular weight is 349 g/mol. The summed E-state index contributed by atoms with van der Waals surface area (Å²) in [6.07, 6.45) is 2.23. The molecule has 0 radical (unpaired) electrons. The molecule has 0 saturated heterocycles. The van der Waals surface area contributed by atoms with Gasteiger partial charge in [-0.1, -0.05) is 35.5 Å². The summed E-state index contributed by atoms with van der Waals surface area (Å²) in [5, 5.41) is 16.4. The molecule has 1 unspecified atom stereocenters. The van der Waals surface area contributed by atoms with Gasteiger partial charge >= 0.3 is 0 Å². The maximum absolute atomic E-state index is 12.5. The van der Waals surface area contributed by atoms with E-state index in [1.54, 1.807) is 24.3 Å². The Balaban J connectivity index is 1.46. The van der Waals surface area contributed by atoms with Crippen molar-refractivity contribution in [1.82, 2.24) is 15.5 Å². The zero-order chi connectivity index (χ0) is 17.9. The molecule has 1 atom stereocenters. The van der Waals surface area contributed by atoms with Gasteiger partial charge in [-0.25, -0.2) is 0 Å². The van der Waals surface area contributed by atoms with Gasteiger partial charge in [0.15, 0.2) is 5.82 Å². The molecule has 1 aliphatic rings. The molecule has 4 rings (SSSR count). The number of carbonyl (C=O) groups is 1. The van der Waals surface area contributed by atoms with Crippen LogP contribution in [-0.2, 0) is 0 Å². The van der Waals surface area contributed by atoms with Gasteiger partial charge < -0.3 is 14.9 Å². The molecule has 2 N–H and O–H groups in total. The molecule has 6 heteroatoms. The molecule has 1 amide bonds. The average Bonchev–Trinajstić information content (AvgIpc) is 3.43. The van der Waals surface area contributed by atoms with Crippen LogP contribution in [0.5, 0.6) is 0 Å². The van der Waals surface area contributed by atoms with Crippen molar-refractivity contribution in [3.63, 3.8) is 0 Å². The van der Waals surface area contributed by atoms with Crippen molar-refractivity contribution in [3.05, 3.63) is 71.5 Å². The summed E-state index contributed by atoms with van der Waals surface area (Å²) in [6.45, 7) is -0.167. The third-order valence-electron chi connectivity index (χ3n) is 4.47. The zero-order valence-corrected chi connectivity index (χ0v) is 14.1. The number of aliphatic hydroxyl groups is 1. The molecule has 3 aromatic rings. The first-order valence-electron chi connectivity index (χ1n) is 8.65. The smallest absolute Gasteiger partial charge is 0.257 e. The Hall–Kier alpha value is -2.99. The number of nitrogens with one attached hydrogen (secondary N) is 1. The molecule has 1 saturated carbocycles. The Bertz CT molecular complexity index is 886. The molecule has 2 aromatic carbocycles. The standard InChI is InChI=1S/C20H19N3O3/c24-12-17(13-4-2-1-3-5-13)21-19(25)15-8-10-16(11-9-15)20-22-18(23-26-20)14-6-7-14/h1-5,8-11,14,17,24H,6-7,12H2,(H,21,25). The Morgan fingerprint density at radius 1 is 1.15 bits per heavy atom. The first-order valence-corrected chi connectivity index (χ1v) is 8.65. The molecule has 1 aliphatic carbocycles.